The summed E-state index contributed by atoms with van der Waals surface area (Å²) >= 11 is 0. The second kappa shape index (κ2) is 7.74. The highest BCUT2D eigenvalue weighted by Crippen LogP contribution is 2.33. The molecule has 134 valence electrons. The van der Waals surface area contributed by atoms with Gasteiger partial charge in [0.2, 0.25) is 0 Å². The number of halogens is 2. The third kappa shape index (κ3) is 4.04. The van der Waals surface area contributed by atoms with Gasteiger partial charge in [-0.2, -0.15) is 0 Å². The van der Waals surface area contributed by atoms with E-state index in [-0.39, 0.29) is 24.4 Å². The minimum atomic E-state index is -0.827. The Hall–Kier alpha value is -2.27. The average Bonchev–Trinajstić information content (AvgIpc) is 2.54. The smallest absolute Gasteiger partial charge is 0.307 e. The molecule has 0 aromatic heterocycles. The zero-order chi connectivity index (χ0) is 18.7. The van der Waals surface area contributed by atoms with Crippen molar-refractivity contribution in [3.8, 4) is 11.1 Å². The fourth-order valence-corrected chi connectivity index (χ4v) is 2.99. The van der Waals surface area contributed by atoms with Gasteiger partial charge in [0.25, 0.3) is 0 Å². The molecule has 0 unspecified atom stereocenters. The van der Waals surface area contributed by atoms with E-state index in [2.05, 4.69) is 0 Å². The molecular formula is C20H23F2NO2. The summed E-state index contributed by atoms with van der Waals surface area (Å²) in [4.78, 5) is 11.7. The third-order valence-corrected chi connectivity index (χ3v) is 4.27. The van der Waals surface area contributed by atoms with Crippen molar-refractivity contribution >= 4 is 5.97 Å². The van der Waals surface area contributed by atoms with Gasteiger partial charge in [-0.05, 0) is 73.7 Å². The first-order chi connectivity index (χ1) is 11.8. The molecule has 0 aliphatic carbocycles. The predicted octanol–water partition coefficient (Wildman–Crippen LogP) is 4.51. The number of carbonyl (C=O) groups is 1. The van der Waals surface area contributed by atoms with Crippen molar-refractivity contribution in [2.24, 2.45) is 5.73 Å². The van der Waals surface area contributed by atoms with E-state index in [9.17, 15) is 13.6 Å². The first-order valence-corrected chi connectivity index (χ1v) is 8.23. The maximum atomic E-state index is 14.6. The Bertz CT molecular complexity index is 803. The summed E-state index contributed by atoms with van der Waals surface area (Å²) in [5, 5.41) is 0. The molecule has 25 heavy (non-hydrogen) atoms. The van der Waals surface area contributed by atoms with E-state index in [1.807, 2.05) is 6.92 Å². The molecule has 1 atom stereocenters. The maximum absolute atomic E-state index is 14.6. The Morgan fingerprint density at radius 3 is 2.48 bits per heavy atom. The molecule has 0 bridgehead atoms. The summed E-state index contributed by atoms with van der Waals surface area (Å²) in [5.74, 6) is -1.25. The van der Waals surface area contributed by atoms with Crippen LogP contribution in [0.25, 0.3) is 11.1 Å². The van der Waals surface area contributed by atoms with E-state index in [1.165, 1.54) is 6.07 Å². The monoisotopic (exact) mass is 347 g/mol. The van der Waals surface area contributed by atoms with E-state index in [1.54, 1.807) is 39.0 Å². The summed E-state index contributed by atoms with van der Waals surface area (Å²) in [5.41, 5.74) is 9.44. The SMILES string of the molecule is CCOC(=O)C[C@H](N)c1cc(-c2c(C)ccc(F)c2C)cc(C)c1F. The van der Waals surface area contributed by atoms with Gasteiger partial charge < -0.3 is 10.5 Å². The molecule has 0 saturated carbocycles. The Kier molecular flexibility index (Phi) is 5.90. The van der Waals surface area contributed by atoms with Crippen LogP contribution in [0.3, 0.4) is 0 Å². The fourth-order valence-electron chi connectivity index (χ4n) is 2.99. The van der Waals surface area contributed by atoms with Crippen molar-refractivity contribution < 1.29 is 18.3 Å². The minimum Gasteiger partial charge on any atom is -0.466 e. The summed E-state index contributed by atoms with van der Waals surface area (Å²) < 4.78 is 33.4. The number of rotatable bonds is 5. The van der Waals surface area contributed by atoms with Crippen molar-refractivity contribution in [1.82, 2.24) is 0 Å². The highest BCUT2D eigenvalue weighted by Gasteiger charge is 2.20. The topological polar surface area (TPSA) is 52.3 Å². The number of nitrogens with two attached hydrogens (primary N) is 1. The van der Waals surface area contributed by atoms with Crippen LogP contribution in [0.5, 0.6) is 0 Å². The summed E-state index contributed by atoms with van der Waals surface area (Å²) in [6, 6.07) is 5.55. The zero-order valence-electron chi connectivity index (χ0n) is 15.0. The lowest BCUT2D eigenvalue weighted by molar-refractivity contribution is -0.143. The molecule has 3 nitrogen and oxygen atoms in total. The van der Waals surface area contributed by atoms with Crippen LogP contribution in [0.15, 0.2) is 24.3 Å². The van der Waals surface area contributed by atoms with E-state index < -0.39 is 17.8 Å². The zero-order valence-corrected chi connectivity index (χ0v) is 15.0. The second-order valence-electron chi connectivity index (χ2n) is 6.18. The van der Waals surface area contributed by atoms with Crippen molar-refractivity contribution in [2.45, 2.75) is 40.2 Å². The van der Waals surface area contributed by atoms with Crippen molar-refractivity contribution in [1.29, 1.82) is 0 Å². The molecule has 2 aromatic carbocycles. The predicted molar refractivity (Wildman–Crippen MR) is 94.2 cm³/mol. The summed E-state index contributed by atoms with van der Waals surface area (Å²) in [6.45, 7) is 7.13. The van der Waals surface area contributed by atoms with Gasteiger partial charge in [0.1, 0.15) is 11.6 Å². The molecule has 2 rings (SSSR count). The molecule has 0 fully saturated rings. The molecule has 0 amide bonds. The van der Waals surface area contributed by atoms with Gasteiger partial charge in [-0.15, -0.1) is 0 Å². The molecule has 2 N–H and O–H groups in total. The fraction of sp³-hybridized carbons (Fsp3) is 0.350. The molecule has 0 aliphatic rings. The highest BCUT2D eigenvalue weighted by molar-refractivity contribution is 5.73. The molecule has 0 saturated heterocycles. The van der Waals surface area contributed by atoms with Gasteiger partial charge in [-0.3, -0.25) is 4.79 Å². The van der Waals surface area contributed by atoms with Crippen LogP contribution in [0.1, 0.15) is 41.6 Å². The lowest BCUT2D eigenvalue weighted by Crippen LogP contribution is -2.19. The maximum Gasteiger partial charge on any atom is 0.307 e. The molecule has 0 spiro atoms. The van der Waals surface area contributed by atoms with E-state index in [0.29, 0.717) is 22.3 Å². The Labute approximate surface area is 146 Å². The van der Waals surface area contributed by atoms with Gasteiger partial charge in [0.15, 0.2) is 0 Å². The van der Waals surface area contributed by atoms with Crippen molar-refractivity contribution in [3.05, 3.63) is 58.2 Å². The van der Waals surface area contributed by atoms with Crippen LogP contribution < -0.4 is 5.73 Å². The minimum absolute atomic E-state index is 0.116. The average molecular weight is 347 g/mol. The number of esters is 1. The molecule has 2 aromatic rings. The third-order valence-electron chi connectivity index (χ3n) is 4.27. The van der Waals surface area contributed by atoms with Crippen LogP contribution in [0.2, 0.25) is 0 Å². The normalized spacial score (nSPS) is 12.1. The van der Waals surface area contributed by atoms with Crippen molar-refractivity contribution in [2.75, 3.05) is 6.61 Å². The van der Waals surface area contributed by atoms with Gasteiger partial charge in [-0.1, -0.05) is 6.07 Å². The quantitative estimate of drug-likeness (QED) is 0.810. The second-order valence-corrected chi connectivity index (χ2v) is 6.18. The van der Waals surface area contributed by atoms with Crippen molar-refractivity contribution in [3.63, 3.8) is 0 Å². The largest absolute Gasteiger partial charge is 0.466 e. The Morgan fingerprint density at radius 1 is 1.16 bits per heavy atom. The first-order valence-electron chi connectivity index (χ1n) is 8.23. The Balaban J connectivity index is 2.52. The van der Waals surface area contributed by atoms with Crippen LogP contribution in [0.4, 0.5) is 8.78 Å². The first kappa shape index (κ1) is 19.1. The van der Waals surface area contributed by atoms with Crippen LogP contribution in [0, 0.1) is 32.4 Å². The highest BCUT2D eigenvalue weighted by atomic mass is 19.1. The van der Waals surface area contributed by atoms with E-state index in [0.717, 1.165) is 5.56 Å². The number of ether oxygens (including phenoxy) is 1. The lowest BCUT2D eigenvalue weighted by atomic mass is 9.90. The van der Waals surface area contributed by atoms with Crippen LogP contribution >= 0.6 is 0 Å². The molecule has 5 heteroatoms. The van der Waals surface area contributed by atoms with E-state index in [4.69, 9.17) is 10.5 Å². The number of hydrogen-bond donors (Lipinski definition) is 1. The van der Waals surface area contributed by atoms with Crippen LogP contribution in [-0.2, 0) is 9.53 Å². The number of aryl methyl sites for hydroxylation is 2. The van der Waals surface area contributed by atoms with Gasteiger partial charge in [0.05, 0.1) is 13.0 Å². The van der Waals surface area contributed by atoms with Gasteiger partial charge in [0, 0.05) is 11.6 Å². The van der Waals surface area contributed by atoms with Gasteiger partial charge in [-0.25, -0.2) is 8.78 Å². The summed E-state index contributed by atoms with van der Waals surface area (Å²) in [6.07, 6.45) is -0.116. The Morgan fingerprint density at radius 2 is 1.84 bits per heavy atom. The van der Waals surface area contributed by atoms with Crippen LogP contribution in [-0.4, -0.2) is 12.6 Å². The lowest BCUT2D eigenvalue weighted by Gasteiger charge is -2.18. The number of hydrogen-bond acceptors (Lipinski definition) is 3. The van der Waals surface area contributed by atoms with Gasteiger partial charge >= 0.3 is 5.97 Å². The molecule has 0 aliphatic heterocycles. The molecule has 0 heterocycles. The standard InChI is InChI=1S/C20H23F2NO2/c1-5-25-18(24)10-17(23)15-9-14(8-12(3)20(15)22)19-11(2)6-7-16(21)13(19)4/h6-9,17H,5,10,23H2,1-4H3/t17-/m0/s1. The van der Waals surface area contributed by atoms with E-state index >= 15 is 0 Å². The summed E-state index contributed by atoms with van der Waals surface area (Å²) in [7, 11) is 0. The molecular weight excluding hydrogens is 324 g/mol. The number of benzene rings is 2. The molecule has 0 radical (unpaired) electrons. The number of carbonyl (C=O) groups excluding carboxylic acids is 1.